The molecule has 0 saturated carbocycles. The molecule has 0 bridgehead atoms. The molecule has 24 heavy (non-hydrogen) atoms. The van der Waals surface area contributed by atoms with Gasteiger partial charge in [-0.3, -0.25) is 4.79 Å². The third-order valence-corrected chi connectivity index (χ3v) is 4.36. The van der Waals surface area contributed by atoms with Crippen LogP contribution in [-0.2, 0) is 6.61 Å². The Hall–Kier alpha value is -2.59. The second-order valence-electron chi connectivity index (χ2n) is 5.18. The van der Waals surface area contributed by atoms with Gasteiger partial charge in [-0.25, -0.2) is 4.98 Å². The average molecular weight is 335 g/mol. The Kier molecular flexibility index (Phi) is 5.64. The van der Waals surface area contributed by atoms with Crippen LogP contribution < -0.4 is 4.74 Å². The van der Waals surface area contributed by atoms with E-state index in [1.54, 1.807) is 6.20 Å². The van der Waals surface area contributed by atoms with Crippen LogP contribution in [-0.4, -0.2) is 16.5 Å². The third-order valence-electron chi connectivity index (χ3n) is 3.41. The van der Waals surface area contributed by atoms with Crippen LogP contribution in [0.4, 0.5) is 0 Å². The number of carbonyl (C=O) groups is 1. The normalized spacial score (nSPS) is 10.3. The van der Waals surface area contributed by atoms with E-state index in [4.69, 9.17) is 4.74 Å². The van der Waals surface area contributed by atoms with E-state index >= 15 is 0 Å². The number of pyridine rings is 1. The predicted molar refractivity (Wildman–Crippen MR) is 96.5 cm³/mol. The molecular weight excluding hydrogens is 318 g/mol. The minimum Gasteiger partial charge on any atom is -0.489 e. The first-order valence-electron chi connectivity index (χ1n) is 7.65. The smallest absolute Gasteiger partial charge is 0.173 e. The van der Waals surface area contributed by atoms with Gasteiger partial charge in [0.2, 0.25) is 0 Å². The number of ether oxygens (including phenoxy) is 1. The summed E-state index contributed by atoms with van der Waals surface area (Å²) in [5.74, 6) is 1.22. The van der Waals surface area contributed by atoms with Crippen molar-refractivity contribution in [3.05, 3.63) is 90.1 Å². The Morgan fingerprint density at radius 3 is 2.38 bits per heavy atom. The summed E-state index contributed by atoms with van der Waals surface area (Å²) >= 11 is 1.44. The highest BCUT2D eigenvalue weighted by atomic mass is 32.2. The van der Waals surface area contributed by atoms with Gasteiger partial charge < -0.3 is 4.74 Å². The topological polar surface area (TPSA) is 39.2 Å². The van der Waals surface area contributed by atoms with E-state index in [-0.39, 0.29) is 5.78 Å². The number of aromatic nitrogens is 1. The molecule has 1 aromatic heterocycles. The molecule has 0 spiro atoms. The first-order chi connectivity index (χ1) is 11.8. The first kappa shape index (κ1) is 16.3. The zero-order chi connectivity index (χ0) is 16.6. The number of carbonyl (C=O) groups excluding carboxylic acids is 1. The molecule has 0 atom stereocenters. The van der Waals surface area contributed by atoms with E-state index in [1.807, 2.05) is 72.8 Å². The van der Waals surface area contributed by atoms with Crippen LogP contribution in [0.2, 0.25) is 0 Å². The van der Waals surface area contributed by atoms with Crippen LogP contribution in [0.15, 0.2) is 84.0 Å². The summed E-state index contributed by atoms with van der Waals surface area (Å²) in [7, 11) is 0. The average Bonchev–Trinajstić information content (AvgIpc) is 2.66. The lowest BCUT2D eigenvalue weighted by Gasteiger charge is -2.07. The Morgan fingerprint density at radius 2 is 1.67 bits per heavy atom. The summed E-state index contributed by atoms with van der Waals surface area (Å²) < 4.78 is 5.73. The maximum absolute atomic E-state index is 12.2. The van der Waals surface area contributed by atoms with Gasteiger partial charge >= 0.3 is 0 Å². The van der Waals surface area contributed by atoms with Crippen LogP contribution in [0.25, 0.3) is 0 Å². The number of Topliss-reactive ketones (excluding diaryl/α,β-unsaturated/α-hetero) is 1. The fourth-order valence-electron chi connectivity index (χ4n) is 2.13. The first-order valence-corrected chi connectivity index (χ1v) is 8.63. The molecular formula is C20H17NO2S. The minimum atomic E-state index is 0.0836. The molecule has 4 heteroatoms. The zero-order valence-electron chi connectivity index (χ0n) is 13.1. The Labute approximate surface area is 145 Å². The van der Waals surface area contributed by atoms with Crippen molar-refractivity contribution in [2.24, 2.45) is 0 Å². The summed E-state index contributed by atoms with van der Waals surface area (Å²) in [6.45, 7) is 0.518. The Bertz CT molecular complexity index is 774. The van der Waals surface area contributed by atoms with Gasteiger partial charge in [-0.05, 0) is 42.0 Å². The SMILES string of the molecule is O=C(CSc1ccccn1)c1ccc(OCc2ccccc2)cc1. The molecule has 2 aromatic carbocycles. The van der Waals surface area contributed by atoms with Crippen molar-refractivity contribution in [2.45, 2.75) is 11.6 Å². The summed E-state index contributed by atoms with van der Waals surface area (Å²) in [5.41, 5.74) is 1.80. The number of thioether (sulfide) groups is 1. The van der Waals surface area contributed by atoms with E-state index in [0.717, 1.165) is 16.3 Å². The molecule has 3 rings (SSSR count). The molecule has 3 nitrogen and oxygen atoms in total. The molecule has 0 saturated heterocycles. The highest BCUT2D eigenvalue weighted by Gasteiger charge is 2.07. The van der Waals surface area contributed by atoms with Gasteiger partial charge in [0.1, 0.15) is 12.4 Å². The molecule has 1 heterocycles. The molecule has 0 unspecified atom stereocenters. The van der Waals surface area contributed by atoms with Crippen molar-refractivity contribution in [3.63, 3.8) is 0 Å². The number of hydrogen-bond acceptors (Lipinski definition) is 4. The lowest BCUT2D eigenvalue weighted by molar-refractivity contribution is 0.102. The third kappa shape index (κ3) is 4.70. The lowest BCUT2D eigenvalue weighted by Crippen LogP contribution is -2.03. The molecule has 0 aliphatic rings. The maximum Gasteiger partial charge on any atom is 0.173 e. The number of nitrogens with zero attached hydrogens (tertiary/aromatic N) is 1. The molecule has 3 aromatic rings. The van der Waals surface area contributed by atoms with Gasteiger partial charge in [-0.2, -0.15) is 0 Å². The molecule has 120 valence electrons. The van der Waals surface area contributed by atoms with Crippen molar-refractivity contribution in [1.29, 1.82) is 0 Å². The summed E-state index contributed by atoms with van der Waals surface area (Å²) in [5, 5.41) is 0.855. The van der Waals surface area contributed by atoms with Crippen molar-refractivity contribution < 1.29 is 9.53 Å². The van der Waals surface area contributed by atoms with Gasteiger partial charge in [0, 0.05) is 11.8 Å². The second kappa shape index (κ2) is 8.31. The number of benzene rings is 2. The van der Waals surface area contributed by atoms with Gasteiger partial charge in [-0.1, -0.05) is 48.2 Å². The van der Waals surface area contributed by atoms with Gasteiger partial charge in [0.15, 0.2) is 5.78 Å². The Balaban J connectivity index is 1.53. The van der Waals surface area contributed by atoms with Gasteiger partial charge in [-0.15, -0.1) is 0 Å². The molecule has 0 N–H and O–H groups in total. The summed E-state index contributed by atoms with van der Waals surface area (Å²) in [6, 6.07) is 23.0. The van der Waals surface area contributed by atoms with Crippen molar-refractivity contribution in [3.8, 4) is 5.75 Å². The van der Waals surface area contributed by atoms with Crippen LogP contribution in [0.3, 0.4) is 0 Å². The molecule has 0 aliphatic carbocycles. The monoisotopic (exact) mass is 335 g/mol. The maximum atomic E-state index is 12.2. The second-order valence-corrected chi connectivity index (χ2v) is 6.17. The van der Waals surface area contributed by atoms with Crippen LogP contribution in [0.1, 0.15) is 15.9 Å². The van der Waals surface area contributed by atoms with E-state index in [2.05, 4.69) is 4.98 Å². The molecule has 0 radical (unpaired) electrons. The van der Waals surface area contributed by atoms with Crippen molar-refractivity contribution >= 4 is 17.5 Å². The van der Waals surface area contributed by atoms with Crippen LogP contribution in [0.5, 0.6) is 5.75 Å². The highest BCUT2D eigenvalue weighted by molar-refractivity contribution is 7.99. The zero-order valence-corrected chi connectivity index (χ0v) is 13.9. The lowest BCUT2D eigenvalue weighted by atomic mass is 10.1. The summed E-state index contributed by atoms with van der Waals surface area (Å²) in [6.07, 6.45) is 1.73. The van der Waals surface area contributed by atoms with E-state index in [1.165, 1.54) is 11.8 Å². The van der Waals surface area contributed by atoms with E-state index < -0.39 is 0 Å². The molecule has 0 aliphatic heterocycles. The van der Waals surface area contributed by atoms with E-state index in [0.29, 0.717) is 17.9 Å². The molecule has 0 fully saturated rings. The number of rotatable bonds is 7. The number of hydrogen-bond donors (Lipinski definition) is 0. The number of ketones is 1. The standard InChI is InChI=1S/C20H17NO2S/c22-19(15-24-20-8-4-5-13-21-20)17-9-11-18(12-10-17)23-14-16-6-2-1-3-7-16/h1-13H,14-15H2. The van der Waals surface area contributed by atoms with E-state index in [9.17, 15) is 4.79 Å². The van der Waals surface area contributed by atoms with Crippen LogP contribution >= 0.6 is 11.8 Å². The molecule has 0 amide bonds. The predicted octanol–water partition coefficient (Wildman–Crippen LogP) is 4.64. The van der Waals surface area contributed by atoms with Gasteiger partial charge in [0.05, 0.1) is 10.8 Å². The van der Waals surface area contributed by atoms with Crippen molar-refractivity contribution in [2.75, 3.05) is 5.75 Å². The van der Waals surface area contributed by atoms with Gasteiger partial charge in [0.25, 0.3) is 0 Å². The summed E-state index contributed by atoms with van der Waals surface area (Å²) in [4.78, 5) is 16.4. The Morgan fingerprint density at radius 1 is 0.917 bits per heavy atom. The van der Waals surface area contributed by atoms with Crippen molar-refractivity contribution in [1.82, 2.24) is 4.98 Å². The van der Waals surface area contributed by atoms with Crippen LogP contribution in [0, 0.1) is 0 Å². The largest absolute Gasteiger partial charge is 0.489 e. The highest BCUT2D eigenvalue weighted by Crippen LogP contribution is 2.18. The fraction of sp³-hybridized carbons (Fsp3) is 0.100. The quantitative estimate of drug-likeness (QED) is 0.466. The minimum absolute atomic E-state index is 0.0836. The fourth-order valence-corrected chi connectivity index (χ4v) is 2.89.